The second kappa shape index (κ2) is 9.41. The summed E-state index contributed by atoms with van der Waals surface area (Å²) in [4.78, 5) is 18.4. The highest BCUT2D eigenvalue weighted by molar-refractivity contribution is 6.08. The van der Waals surface area contributed by atoms with E-state index in [4.69, 9.17) is 10.5 Å². The van der Waals surface area contributed by atoms with Gasteiger partial charge in [-0.1, -0.05) is 18.7 Å². The number of amidine groups is 1. The normalized spacial score (nSPS) is 15.2. The van der Waals surface area contributed by atoms with Gasteiger partial charge in [0.05, 0.1) is 18.9 Å². The number of rotatable bonds is 5. The van der Waals surface area contributed by atoms with Crippen molar-refractivity contribution >= 4 is 28.9 Å². The number of hydrogen-bond acceptors (Lipinski definition) is 6. The number of carbonyl (C=O) groups is 1. The van der Waals surface area contributed by atoms with Crippen LogP contribution in [-0.2, 0) is 9.53 Å². The average Bonchev–Trinajstić information content (AvgIpc) is 3.06. The van der Waals surface area contributed by atoms with Crippen LogP contribution in [0, 0.1) is 13.8 Å². The number of morpholine rings is 1. The number of nitrogens with zero attached hydrogens (tertiary/aromatic N) is 4. The van der Waals surface area contributed by atoms with Crippen LogP contribution in [0.2, 0.25) is 0 Å². The van der Waals surface area contributed by atoms with Crippen LogP contribution in [0.3, 0.4) is 0 Å². The minimum Gasteiger partial charge on any atom is -0.398 e. The molecule has 0 bridgehead atoms. The first-order chi connectivity index (χ1) is 14.3. The van der Waals surface area contributed by atoms with Crippen LogP contribution in [0.25, 0.3) is 11.5 Å². The van der Waals surface area contributed by atoms with E-state index >= 15 is 0 Å². The number of nitrogens with one attached hydrogen (secondary N) is 1. The van der Waals surface area contributed by atoms with Crippen molar-refractivity contribution in [2.45, 2.75) is 20.8 Å². The molecule has 0 aliphatic carbocycles. The van der Waals surface area contributed by atoms with Crippen molar-refractivity contribution in [3.63, 3.8) is 0 Å². The number of anilines is 1. The maximum absolute atomic E-state index is 11.7. The molecule has 30 heavy (non-hydrogen) atoms. The fraction of sp³-hybridized carbons (Fsp3) is 0.318. The van der Waals surface area contributed by atoms with Crippen LogP contribution in [0.5, 0.6) is 0 Å². The number of aliphatic imine (C=N–C) groups is 1. The van der Waals surface area contributed by atoms with Crippen LogP contribution in [-0.4, -0.2) is 47.8 Å². The van der Waals surface area contributed by atoms with Crippen molar-refractivity contribution in [1.82, 2.24) is 15.1 Å². The molecule has 3 N–H and O–H groups in total. The Morgan fingerprint density at radius 2 is 2.03 bits per heavy atom. The number of nitrogens with two attached hydrogens (primary N) is 1. The van der Waals surface area contributed by atoms with Crippen molar-refractivity contribution in [3.8, 4) is 0 Å². The predicted octanol–water partition coefficient (Wildman–Crippen LogP) is 2.30. The van der Waals surface area contributed by atoms with E-state index in [0.717, 1.165) is 35.7 Å². The summed E-state index contributed by atoms with van der Waals surface area (Å²) in [5, 5.41) is 7.08. The van der Waals surface area contributed by atoms with Gasteiger partial charge < -0.3 is 20.7 Å². The number of ether oxygens (including phenoxy) is 1. The zero-order chi connectivity index (χ0) is 21.7. The highest BCUT2D eigenvalue weighted by Gasteiger charge is 2.12. The van der Waals surface area contributed by atoms with Gasteiger partial charge in [0, 0.05) is 43.2 Å². The fourth-order valence-corrected chi connectivity index (χ4v) is 3.29. The summed E-state index contributed by atoms with van der Waals surface area (Å²) in [7, 11) is 0. The van der Waals surface area contributed by atoms with Gasteiger partial charge in [-0.15, -0.1) is 0 Å². The lowest BCUT2D eigenvalue weighted by molar-refractivity contribution is -0.117. The van der Waals surface area contributed by atoms with Crippen LogP contribution >= 0.6 is 0 Å². The third-order valence-electron chi connectivity index (χ3n) is 4.66. The summed E-state index contributed by atoms with van der Waals surface area (Å²) in [6.45, 7) is 12.3. The number of hydrogen-bond donors (Lipinski definition) is 2. The molecule has 1 fully saturated rings. The highest BCUT2D eigenvalue weighted by Crippen LogP contribution is 2.20. The lowest BCUT2D eigenvalue weighted by atomic mass is 10.1. The number of aryl methyl sites for hydroxylation is 2. The molecule has 0 radical (unpaired) electrons. The molecule has 1 aliphatic heterocycles. The van der Waals surface area contributed by atoms with Crippen LogP contribution in [0.1, 0.15) is 23.9 Å². The quantitative estimate of drug-likeness (QED) is 0.584. The van der Waals surface area contributed by atoms with Crippen molar-refractivity contribution in [3.05, 3.63) is 59.9 Å². The SMILES string of the molecule is C=C(/N=C(\C=C(/N)c1cccc(N2CCOCC2)c1)NC(C)=O)n1nc(C)cc1C. The maximum Gasteiger partial charge on any atom is 0.222 e. The van der Waals surface area contributed by atoms with E-state index in [1.165, 1.54) is 6.92 Å². The Balaban J connectivity index is 1.88. The van der Waals surface area contributed by atoms with E-state index in [-0.39, 0.29) is 5.91 Å². The number of amides is 1. The minimum absolute atomic E-state index is 0.249. The van der Waals surface area contributed by atoms with Crippen LogP contribution in [0.15, 0.2) is 48.0 Å². The molecule has 1 amide bonds. The van der Waals surface area contributed by atoms with E-state index < -0.39 is 0 Å². The topological polar surface area (TPSA) is 97.8 Å². The van der Waals surface area contributed by atoms with Crippen molar-refractivity contribution in [2.24, 2.45) is 10.7 Å². The maximum atomic E-state index is 11.7. The molecular formula is C22H28N6O2. The zero-order valence-corrected chi connectivity index (χ0v) is 17.7. The van der Waals surface area contributed by atoms with Gasteiger partial charge in [0.25, 0.3) is 0 Å². The monoisotopic (exact) mass is 408 g/mol. The Bertz CT molecular complexity index is 999. The van der Waals surface area contributed by atoms with E-state index in [1.807, 2.05) is 38.1 Å². The summed E-state index contributed by atoms with van der Waals surface area (Å²) in [6.07, 6.45) is 1.64. The fourth-order valence-electron chi connectivity index (χ4n) is 3.29. The Kier molecular flexibility index (Phi) is 6.68. The van der Waals surface area contributed by atoms with Gasteiger partial charge in [-0.3, -0.25) is 4.79 Å². The van der Waals surface area contributed by atoms with Crippen LogP contribution in [0.4, 0.5) is 5.69 Å². The first-order valence-electron chi connectivity index (χ1n) is 9.82. The molecule has 0 spiro atoms. The highest BCUT2D eigenvalue weighted by atomic mass is 16.5. The molecule has 1 aromatic heterocycles. The first kappa shape index (κ1) is 21.3. The van der Waals surface area contributed by atoms with E-state index in [2.05, 4.69) is 33.0 Å². The predicted molar refractivity (Wildman–Crippen MR) is 120 cm³/mol. The molecule has 8 heteroatoms. The molecule has 158 valence electrons. The summed E-state index contributed by atoms with van der Waals surface area (Å²) in [6, 6.07) is 9.90. The molecule has 8 nitrogen and oxygen atoms in total. The lowest BCUT2D eigenvalue weighted by Gasteiger charge is -2.29. The van der Waals surface area contributed by atoms with Gasteiger partial charge >= 0.3 is 0 Å². The average molecular weight is 409 g/mol. The summed E-state index contributed by atoms with van der Waals surface area (Å²) >= 11 is 0. The van der Waals surface area contributed by atoms with Crippen molar-refractivity contribution < 1.29 is 9.53 Å². The number of aromatic nitrogens is 2. The van der Waals surface area contributed by atoms with E-state index in [0.29, 0.717) is 30.6 Å². The largest absolute Gasteiger partial charge is 0.398 e. The second-order valence-corrected chi connectivity index (χ2v) is 7.18. The Morgan fingerprint density at radius 3 is 2.67 bits per heavy atom. The van der Waals surface area contributed by atoms with Crippen molar-refractivity contribution in [1.29, 1.82) is 0 Å². The molecule has 1 aliphatic rings. The third-order valence-corrected chi connectivity index (χ3v) is 4.66. The molecule has 2 heterocycles. The Labute approximate surface area is 176 Å². The standard InChI is InChI=1S/C22H28N6O2/c1-15-12-16(2)28(26-15)17(3)24-22(25-18(4)29)14-21(23)19-6-5-7-20(13-19)27-8-10-30-11-9-27/h5-7,12-14H,3,8-11,23H2,1-2,4H3,(H,24,25,29)/b21-14-. The van der Waals surface area contributed by atoms with Gasteiger partial charge in [-0.05, 0) is 37.6 Å². The summed E-state index contributed by atoms with van der Waals surface area (Å²) in [5.74, 6) is 0.436. The number of carbonyl (C=O) groups excluding carboxylic acids is 1. The number of benzene rings is 1. The zero-order valence-electron chi connectivity index (χ0n) is 17.7. The van der Waals surface area contributed by atoms with Gasteiger partial charge in [0.15, 0.2) is 0 Å². The van der Waals surface area contributed by atoms with E-state index in [1.54, 1.807) is 10.8 Å². The van der Waals surface area contributed by atoms with Gasteiger partial charge in [0.1, 0.15) is 11.7 Å². The molecule has 2 aromatic rings. The first-order valence-corrected chi connectivity index (χ1v) is 9.82. The molecule has 1 saturated heterocycles. The van der Waals surface area contributed by atoms with Crippen LogP contribution < -0.4 is 16.0 Å². The molecule has 0 saturated carbocycles. The van der Waals surface area contributed by atoms with Gasteiger partial charge in [-0.2, -0.15) is 5.10 Å². The smallest absolute Gasteiger partial charge is 0.222 e. The molecular weight excluding hydrogens is 380 g/mol. The molecule has 0 unspecified atom stereocenters. The van der Waals surface area contributed by atoms with Crippen molar-refractivity contribution in [2.75, 3.05) is 31.2 Å². The molecule has 1 aromatic carbocycles. The summed E-state index contributed by atoms with van der Waals surface area (Å²) in [5.41, 5.74) is 10.5. The molecule has 3 rings (SSSR count). The van der Waals surface area contributed by atoms with Gasteiger partial charge in [0.2, 0.25) is 5.91 Å². The minimum atomic E-state index is -0.249. The van der Waals surface area contributed by atoms with E-state index in [9.17, 15) is 4.79 Å². The van der Waals surface area contributed by atoms with Gasteiger partial charge in [-0.25, -0.2) is 9.67 Å². The third kappa shape index (κ3) is 5.36. The Hall–Kier alpha value is -3.39. The second-order valence-electron chi connectivity index (χ2n) is 7.18. The lowest BCUT2D eigenvalue weighted by Crippen LogP contribution is -2.36. The Morgan fingerprint density at radius 1 is 1.30 bits per heavy atom. The summed E-state index contributed by atoms with van der Waals surface area (Å²) < 4.78 is 7.05. The molecule has 0 atom stereocenters.